The van der Waals surface area contributed by atoms with Gasteiger partial charge in [0.25, 0.3) is 0 Å². The third kappa shape index (κ3) is 4.33. The van der Waals surface area contributed by atoms with Crippen LogP contribution in [0, 0.1) is 0 Å². The highest BCUT2D eigenvalue weighted by Crippen LogP contribution is 2.07. The van der Waals surface area contributed by atoms with E-state index in [1.54, 1.807) is 6.08 Å². The molecular formula is C11H20N2O4S. The molecular weight excluding hydrogens is 256 g/mol. The Hall–Kier alpha value is -0.470. The lowest BCUT2D eigenvalue weighted by Crippen LogP contribution is -2.45. The third-order valence-corrected chi connectivity index (χ3v) is 4.51. The summed E-state index contributed by atoms with van der Waals surface area (Å²) in [6.07, 6.45) is 1.15. The molecule has 0 saturated carbocycles. The van der Waals surface area contributed by atoms with E-state index in [0.717, 1.165) is 13.1 Å². The fraction of sp³-hybridized carbons (Fsp3) is 0.818. The van der Waals surface area contributed by atoms with Gasteiger partial charge in [0.15, 0.2) is 9.84 Å². The minimum atomic E-state index is -3.02. The van der Waals surface area contributed by atoms with Crippen molar-refractivity contribution in [2.45, 2.75) is 12.1 Å². The van der Waals surface area contributed by atoms with Crippen molar-refractivity contribution >= 4 is 9.84 Å². The Morgan fingerprint density at radius 2 is 2.17 bits per heavy atom. The fourth-order valence-electron chi connectivity index (χ4n) is 2.14. The van der Waals surface area contributed by atoms with Crippen LogP contribution in [-0.4, -0.2) is 75.7 Å². The van der Waals surface area contributed by atoms with Crippen LogP contribution in [0.4, 0.5) is 0 Å². The number of ether oxygens (including phenoxy) is 1. The van der Waals surface area contributed by atoms with E-state index in [4.69, 9.17) is 4.74 Å². The maximum absolute atomic E-state index is 11.2. The molecule has 2 atom stereocenters. The van der Waals surface area contributed by atoms with Crippen molar-refractivity contribution in [1.82, 2.24) is 10.2 Å². The van der Waals surface area contributed by atoms with Crippen molar-refractivity contribution in [2.75, 3.05) is 45.1 Å². The number of aliphatic hydroxyl groups excluding tert-OH is 1. The molecule has 0 aromatic heterocycles. The van der Waals surface area contributed by atoms with E-state index in [9.17, 15) is 13.5 Å². The second-order valence-corrected chi connectivity index (χ2v) is 6.67. The molecule has 0 amide bonds. The van der Waals surface area contributed by atoms with E-state index < -0.39 is 15.9 Å². The lowest BCUT2D eigenvalue weighted by molar-refractivity contribution is 0.0148. The molecule has 0 spiro atoms. The number of rotatable bonds is 5. The van der Waals surface area contributed by atoms with E-state index in [0.29, 0.717) is 26.3 Å². The first-order valence-corrected chi connectivity index (χ1v) is 7.89. The zero-order valence-corrected chi connectivity index (χ0v) is 11.1. The van der Waals surface area contributed by atoms with Gasteiger partial charge in [-0.15, -0.1) is 0 Å². The molecule has 2 unspecified atom stereocenters. The van der Waals surface area contributed by atoms with Crippen molar-refractivity contribution in [3.05, 3.63) is 11.5 Å². The van der Waals surface area contributed by atoms with Crippen molar-refractivity contribution in [2.24, 2.45) is 0 Å². The van der Waals surface area contributed by atoms with Crippen LogP contribution in [0.1, 0.15) is 0 Å². The van der Waals surface area contributed by atoms with Gasteiger partial charge in [-0.3, -0.25) is 4.90 Å². The molecule has 7 heteroatoms. The lowest BCUT2D eigenvalue weighted by atomic mass is 10.2. The van der Waals surface area contributed by atoms with E-state index >= 15 is 0 Å². The molecule has 2 N–H and O–H groups in total. The van der Waals surface area contributed by atoms with Crippen LogP contribution in [0.5, 0.6) is 0 Å². The third-order valence-electron chi connectivity index (χ3n) is 3.12. The predicted octanol–water partition coefficient (Wildman–Crippen LogP) is -1.42. The zero-order chi connectivity index (χ0) is 13.0. The Morgan fingerprint density at radius 1 is 1.44 bits per heavy atom. The van der Waals surface area contributed by atoms with E-state index in [1.807, 2.05) is 0 Å². The van der Waals surface area contributed by atoms with Crippen LogP contribution in [0.15, 0.2) is 11.5 Å². The lowest BCUT2D eigenvalue weighted by Gasteiger charge is -2.28. The Kier molecular flexibility index (Phi) is 4.74. The van der Waals surface area contributed by atoms with E-state index in [2.05, 4.69) is 10.2 Å². The van der Waals surface area contributed by atoms with Gasteiger partial charge in [-0.1, -0.05) is 6.08 Å². The molecule has 2 aliphatic heterocycles. The van der Waals surface area contributed by atoms with Crippen LogP contribution < -0.4 is 5.32 Å². The summed E-state index contributed by atoms with van der Waals surface area (Å²) in [4.78, 5) is 2.15. The molecule has 1 saturated heterocycles. The Balaban J connectivity index is 1.66. The van der Waals surface area contributed by atoms with Gasteiger partial charge in [-0.25, -0.2) is 8.42 Å². The van der Waals surface area contributed by atoms with Gasteiger partial charge >= 0.3 is 0 Å². The molecule has 0 aromatic rings. The number of hydrogen-bond donors (Lipinski definition) is 2. The highest BCUT2D eigenvalue weighted by atomic mass is 32.2. The first-order valence-electron chi connectivity index (χ1n) is 6.18. The molecule has 0 bridgehead atoms. The number of hydrogen-bond acceptors (Lipinski definition) is 6. The number of aliphatic hydroxyl groups is 1. The summed E-state index contributed by atoms with van der Waals surface area (Å²) in [5.74, 6) is 0.0945. The Morgan fingerprint density at radius 3 is 2.78 bits per heavy atom. The second-order valence-electron chi connectivity index (χ2n) is 4.74. The summed E-state index contributed by atoms with van der Waals surface area (Å²) in [5.41, 5.74) is 0. The number of nitrogens with one attached hydrogen (secondary N) is 1. The topological polar surface area (TPSA) is 78.9 Å². The smallest absolute Gasteiger partial charge is 0.173 e. The first-order chi connectivity index (χ1) is 8.55. The molecule has 2 aliphatic rings. The Bertz CT molecular complexity index is 390. The molecule has 18 heavy (non-hydrogen) atoms. The number of nitrogens with zero attached hydrogens (tertiary/aromatic N) is 1. The number of sulfone groups is 1. The fourth-order valence-corrected chi connectivity index (χ4v) is 3.41. The quantitative estimate of drug-likeness (QED) is 0.642. The van der Waals surface area contributed by atoms with Gasteiger partial charge in [0.05, 0.1) is 25.1 Å². The predicted molar refractivity (Wildman–Crippen MR) is 68.0 cm³/mol. The van der Waals surface area contributed by atoms with Gasteiger partial charge < -0.3 is 15.2 Å². The van der Waals surface area contributed by atoms with Crippen LogP contribution in [0.3, 0.4) is 0 Å². The summed E-state index contributed by atoms with van der Waals surface area (Å²) in [5, 5.41) is 14.2. The zero-order valence-electron chi connectivity index (χ0n) is 10.3. The maximum Gasteiger partial charge on any atom is 0.173 e. The van der Waals surface area contributed by atoms with Crippen LogP contribution >= 0.6 is 0 Å². The van der Waals surface area contributed by atoms with Crippen molar-refractivity contribution in [3.63, 3.8) is 0 Å². The van der Waals surface area contributed by atoms with Crippen LogP contribution in [-0.2, 0) is 14.6 Å². The monoisotopic (exact) mass is 276 g/mol. The SMILES string of the molecule is O=S1(=O)C=CC(NCC(O)CN2CCOCC2)C1. The molecule has 0 radical (unpaired) electrons. The largest absolute Gasteiger partial charge is 0.390 e. The first kappa shape index (κ1) is 14.0. The van der Waals surface area contributed by atoms with Crippen LogP contribution in [0.2, 0.25) is 0 Å². The van der Waals surface area contributed by atoms with Gasteiger partial charge in [-0.2, -0.15) is 0 Å². The molecule has 1 fully saturated rings. The number of β-amino-alcohol motifs (C(OH)–C–C–N with tert-alkyl or cyclic N) is 1. The Labute approximate surface area is 108 Å². The van der Waals surface area contributed by atoms with Crippen LogP contribution in [0.25, 0.3) is 0 Å². The highest BCUT2D eigenvalue weighted by Gasteiger charge is 2.22. The molecule has 104 valence electrons. The van der Waals surface area contributed by atoms with Crippen molar-refractivity contribution in [1.29, 1.82) is 0 Å². The van der Waals surface area contributed by atoms with Gasteiger partial charge in [-0.05, 0) is 0 Å². The normalized spacial score (nSPS) is 29.5. The van der Waals surface area contributed by atoms with Gasteiger partial charge in [0, 0.05) is 37.6 Å². The van der Waals surface area contributed by atoms with Crippen molar-refractivity contribution < 1.29 is 18.3 Å². The second kappa shape index (κ2) is 6.12. The number of morpholine rings is 1. The minimum absolute atomic E-state index is 0.0945. The summed E-state index contributed by atoms with van der Waals surface area (Å²) >= 11 is 0. The molecule has 0 aromatic carbocycles. The van der Waals surface area contributed by atoms with Crippen molar-refractivity contribution in [3.8, 4) is 0 Å². The summed E-state index contributed by atoms with van der Waals surface area (Å²) in [6.45, 7) is 4.11. The van der Waals surface area contributed by atoms with Gasteiger partial charge in [0.2, 0.25) is 0 Å². The van der Waals surface area contributed by atoms with E-state index in [-0.39, 0.29) is 11.8 Å². The van der Waals surface area contributed by atoms with Gasteiger partial charge in [0.1, 0.15) is 0 Å². The standard InChI is InChI=1S/C11H20N2O4S/c14-11(8-13-2-4-17-5-3-13)7-12-10-1-6-18(15,16)9-10/h1,6,10-12,14H,2-5,7-9H2. The maximum atomic E-state index is 11.2. The molecule has 6 nitrogen and oxygen atoms in total. The molecule has 2 heterocycles. The summed E-state index contributed by atoms with van der Waals surface area (Å²) < 4.78 is 27.6. The minimum Gasteiger partial charge on any atom is -0.390 e. The molecule has 2 rings (SSSR count). The highest BCUT2D eigenvalue weighted by molar-refractivity contribution is 7.94. The average Bonchev–Trinajstić information content (AvgIpc) is 2.68. The summed E-state index contributed by atoms with van der Waals surface area (Å²) in [7, 11) is -3.02. The molecule has 0 aliphatic carbocycles. The summed E-state index contributed by atoms with van der Waals surface area (Å²) in [6, 6.07) is -0.172. The van der Waals surface area contributed by atoms with E-state index in [1.165, 1.54) is 5.41 Å². The average molecular weight is 276 g/mol.